The minimum Gasteiger partial charge on any atom is -0.477 e. The molecular weight excluding hydrogens is 533 g/mol. The van der Waals surface area contributed by atoms with Crippen molar-refractivity contribution in [3.05, 3.63) is 24.7 Å². The van der Waals surface area contributed by atoms with Gasteiger partial charge in [0.05, 0.1) is 25.0 Å². The Labute approximate surface area is 238 Å². The van der Waals surface area contributed by atoms with Crippen LogP contribution < -0.4 is 25.0 Å². The van der Waals surface area contributed by atoms with Crippen molar-refractivity contribution < 1.29 is 23.5 Å². The zero-order valence-electron chi connectivity index (χ0n) is 23.8. The fourth-order valence-electron chi connectivity index (χ4n) is 5.82. The topological polar surface area (TPSA) is 138 Å². The van der Waals surface area contributed by atoms with Gasteiger partial charge in [0.15, 0.2) is 5.82 Å². The summed E-state index contributed by atoms with van der Waals surface area (Å²) >= 11 is 0. The summed E-state index contributed by atoms with van der Waals surface area (Å²) in [4.78, 5) is 47.7. The summed E-state index contributed by atoms with van der Waals surface area (Å²) in [5.74, 6) is 0.980. The average molecular weight is 572 g/mol. The molecule has 1 saturated carbocycles. The van der Waals surface area contributed by atoms with Crippen molar-refractivity contribution in [2.45, 2.75) is 57.3 Å². The zero-order chi connectivity index (χ0) is 29.0. The molecule has 13 nitrogen and oxygen atoms in total. The molecule has 41 heavy (non-hydrogen) atoms. The molecule has 14 heteroatoms. The summed E-state index contributed by atoms with van der Waals surface area (Å²) in [6.45, 7) is 4.99. The van der Waals surface area contributed by atoms with Crippen LogP contribution in [0.4, 0.5) is 25.7 Å². The molecule has 2 saturated heterocycles. The lowest BCUT2D eigenvalue weighted by Crippen LogP contribution is -2.55. The third-order valence-electron chi connectivity index (χ3n) is 8.30. The maximum atomic E-state index is 15.0. The van der Waals surface area contributed by atoms with E-state index in [9.17, 15) is 14.0 Å². The Hall–Kier alpha value is -3.81. The van der Waals surface area contributed by atoms with Crippen molar-refractivity contribution in [2.75, 3.05) is 57.1 Å². The minimum absolute atomic E-state index is 0.104. The summed E-state index contributed by atoms with van der Waals surface area (Å²) in [5.41, 5.74) is 0.345. The number of urea groups is 1. The molecule has 2 aromatic rings. The van der Waals surface area contributed by atoms with Gasteiger partial charge in [0.2, 0.25) is 17.7 Å². The lowest BCUT2D eigenvalue weighted by atomic mass is 9.60. The molecule has 0 bridgehead atoms. The quantitative estimate of drug-likeness (QED) is 0.510. The van der Waals surface area contributed by atoms with E-state index in [4.69, 9.17) is 9.47 Å². The maximum Gasteiger partial charge on any atom is 0.414 e. The molecule has 2 aromatic heterocycles. The van der Waals surface area contributed by atoms with E-state index < -0.39 is 24.3 Å². The van der Waals surface area contributed by atoms with Gasteiger partial charge in [-0.15, -0.1) is 0 Å². The van der Waals surface area contributed by atoms with Crippen LogP contribution in [-0.4, -0.2) is 107 Å². The van der Waals surface area contributed by atoms with Gasteiger partial charge in [-0.25, -0.2) is 28.9 Å². The predicted octanol–water partition coefficient (Wildman–Crippen LogP) is 2.71. The van der Waals surface area contributed by atoms with Crippen LogP contribution in [0.25, 0.3) is 0 Å². The van der Waals surface area contributed by atoms with Crippen molar-refractivity contribution in [1.29, 1.82) is 0 Å². The third-order valence-corrected chi connectivity index (χ3v) is 8.30. The molecule has 2 aliphatic heterocycles. The first-order chi connectivity index (χ1) is 19.7. The lowest BCUT2D eigenvalue weighted by molar-refractivity contribution is 0.0152. The van der Waals surface area contributed by atoms with Gasteiger partial charge in [0, 0.05) is 38.4 Å². The molecule has 3 amide bonds. The van der Waals surface area contributed by atoms with Crippen molar-refractivity contribution >= 4 is 23.9 Å². The first-order valence-corrected chi connectivity index (χ1v) is 14.1. The molecular formula is C27H38FN9O4. The van der Waals surface area contributed by atoms with Gasteiger partial charge in [0.1, 0.15) is 6.17 Å². The standard InChI is InChI=1S/C27H38FN9O4/c1-4-40-23-16-30-21(15-31-23)33-25(38)36(3)20-17-37(10-6-19(20)28)24-29-9-5-22(34-24)41-26(39)32-18-13-27(14-18)7-11-35(2)12-8-27/h5,9,15-16,18-20H,4,6-8,10-14,17H2,1-3H3,(H,32,39)(H,30,33,38)/t19-,20+/m1/s1. The van der Waals surface area contributed by atoms with Crippen LogP contribution >= 0.6 is 0 Å². The summed E-state index contributed by atoms with van der Waals surface area (Å²) in [6.07, 6.45) is 6.94. The van der Waals surface area contributed by atoms with Gasteiger partial charge in [-0.05, 0) is 64.6 Å². The number of aromatic nitrogens is 4. The van der Waals surface area contributed by atoms with Crippen LogP contribution in [0.1, 0.15) is 39.0 Å². The van der Waals surface area contributed by atoms with Crippen molar-refractivity contribution in [2.24, 2.45) is 5.41 Å². The number of ether oxygens (including phenoxy) is 2. The first-order valence-electron chi connectivity index (χ1n) is 14.1. The smallest absolute Gasteiger partial charge is 0.414 e. The maximum absolute atomic E-state index is 15.0. The highest BCUT2D eigenvalue weighted by Crippen LogP contribution is 2.48. The highest BCUT2D eigenvalue weighted by molar-refractivity contribution is 5.88. The van der Waals surface area contributed by atoms with Gasteiger partial charge in [-0.3, -0.25) is 5.32 Å². The van der Waals surface area contributed by atoms with Gasteiger partial charge in [-0.1, -0.05) is 0 Å². The number of alkyl halides is 1. The molecule has 1 spiro atoms. The number of anilines is 2. The molecule has 3 aliphatic rings. The van der Waals surface area contributed by atoms with E-state index in [1.807, 2.05) is 6.92 Å². The lowest BCUT2D eigenvalue weighted by Gasteiger charge is -2.51. The molecule has 2 N–H and O–H groups in total. The van der Waals surface area contributed by atoms with E-state index >= 15 is 0 Å². The third kappa shape index (κ3) is 6.92. The normalized spacial score (nSPS) is 22.5. The van der Waals surface area contributed by atoms with Gasteiger partial charge in [0.25, 0.3) is 0 Å². The predicted molar refractivity (Wildman–Crippen MR) is 149 cm³/mol. The van der Waals surface area contributed by atoms with E-state index in [2.05, 4.69) is 42.5 Å². The number of hydrogen-bond donors (Lipinski definition) is 2. The van der Waals surface area contributed by atoms with Crippen molar-refractivity contribution in [1.82, 2.24) is 35.1 Å². The van der Waals surface area contributed by atoms with E-state index in [0.717, 1.165) is 38.8 Å². The number of nitrogens with zero attached hydrogens (tertiary/aromatic N) is 7. The van der Waals surface area contributed by atoms with Crippen LogP contribution in [0.3, 0.4) is 0 Å². The molecule has 0 radical (unpaired) electrons. The summed E-state index contributed by atoms with van der Waals surface area (Å²) in [7, 11) is 3.67. The van der Waals surface area contributed by atoms with Crippen molar-refractivity contribution in [3.63, 3.8) is 0 Å². The molecule has 3 fully saturated rings. The number of hydrogen-bond acceptors (Lipinski definition) is 10. The minimum atomic E-state index is -1.24. The van der Waals surface area contributed by atoms with Crippen LogP contribution in [0, 0.1) is 5.41 Å². The second-order valence-corrected chi connectivity index (χ2v) is 11.2. The number of amides is 3. The molecule has 1 aliphatic carbocycles. The molecule has 0 unspecified atom stereocenters. The molecule has 4 heterocycles. The van der Waals surface area contributed by atoms with Gasteiger partial charge < -0.3 is 29.5 Å². The molecule has 2 atom stereocenters. The highest BCUT2D eigenvalue weighted by atomic mass is 19.1. The Bertz CT molecular complexity index is 1200. The van der Waals surface area contributed by atoms with E-state index in [1.165, 1.54) is 36.6 Å². The largest absolute Gasteiger partial charge is 0.477 e. The second kappa shape index (κ2) is 12.4. The fourth-order valence-corrected chi connectivity index (χ4v) is 5.82. The number of likely N-dealkylation sites (N-methyl/N-ethyl adjacent to an activating group) is 1. The van der Waals surface area contributed by atoms with Crippen LogP contribution in [0.5, 0.6) is 11.8 Å². The molecule has 222 valence electrons. The Morgan fingerprint density at radius 3 is 2.63 bits per heavy atom. The number of carbonyl (C=O) groups is 2. The van der Waals surface area contributed by atoms with Crippen molar-refractivity contribution in [3.8, 4) is 11.8 Å². The van der Waals surface area contributed by atoms with Gasteiger partial charge in [-0.2, -0.15) is 4.98 Å². The van der Waals surface area contributed by atoms with Crippen LogP contribution in [0.2, 0.25) is 0 Å². The van der Waals surface area contributed by atoms with E-state index in [-0.39, 0.29) is 30.7 Å². The highest BCUT2D eigenvalue weighted by Gasteiger charge is 2.46. The Morgan fingerprint density at radius 1 is 1.15 bits per heavy atom. The number of carbonyl (C=O) groups excluding carboxylic acids is 2. The zero-order valence-corrected chi connectivity index (χ0v) is 23.8. The summed E-state index contributed by atoms with van der Waals surface area (Å²) in [5, 5.41) is 5.59. The fraction of sp³-hybridized carbons (Fsp3) is 0.630. The van der Waals surface area contributed by atoms with Gasteiger partial charge >= 0.3 is 12.1 Å². The van der Waals surface area contributed by atoms with E-state index in [0.29, 0.717) is 30.4 Å². The Balaban J connectivity index is 1.13. The average Bonchev–Trinajstić information content (AvgIpc) is 2.94. The summed E-state index contributed by atoms with van der Waals surface area (Å²) < 4.78 is 25.7. The second-order valence-electron chi connectivity index (χ2n) is 11.2. The number of rotatable bonds is 7. The molecule has 0 aromatic carbocycles. The number of halogens is 1. The first kappa shape index (κ1) is 28.7. The number of nitrogens with one attached hydrogen (secondary N) is 2. The number of piperidine rings is 2. The molecule has 5 rings (SSSR count). The monoisotopic (exact) mass is 571 g/mol. The Kier molecular flexibility index (Phi) is 8.66. The number of likely N-dealkylation sites (tertiary alicyclic amines) is 1. The SMILES string of the molecule is CCOc1cnc(NC(=O)N(C)[C@H]2CN(c3nccc(OC(=O)NC4CC5(CCN(C)CC5)C4)n3)CC[C@H]2F)cn1. The van der Waals surface area contributed by atoms with Crippen LogP contribution in [0.15, 0.2) is 24.7 Å². The van der Waals surface area contributed by atoms with E-state index in [1.54, 1.807) is 4.90 Å². The van der Waals surface area contributed by atoms with Crippen LogP contribution in [-0.2, 0) is 0 Å². The summed E-state index contributed by atoms with van der Waals surface area (Å²) in [6, 6.07) is 0.331. The Morgan fingerprint density at radius 2 is 1.93 bits per heavy atom.